The highest BCUT2D eigenvalue weighted by Gasteiger charge is 2.16. The van der Waals surface area contributed by atoms with Crippen LogP contribution in [0.4, 0.5) is 0 Å². The summed E-state index contributed by atoms with van der Waals surface area (Å²) in [4.78, 5) is 16.7. The Balaban J connectivity index is 1.59. The molecule has 0 aliphatic heterocycles. The van der Waals surface area contributed by atoms with Crippen molar-refractivity contribution in [3.05, 3.63) is 58.1 Å². The number of ether oxygens (including phenoxy) is 1. The smallest absolute Gasteiger partial charge is 0.261 e. The summed E-state index contributed by atoms with van der Waals surface area (Å²) in [7, 11) is 0. The zero-order chi connectivity index (χ0) is 17.1. The monoisotopic (exact) mass is 360 g/mol. The first-order valence-corrected chi connectivity index (χ1v) is 8.77. The van der Waals surface area contributed by atoms with Gasteiger partial charge in [0, 0.05) is 5.02 Å². The summed E-state index contributed by atoms with van der Waals surface area (Å²) in [5.74, 6) is 0.477. The Bertz CT molecular complexity index is 845. The maximum atomic E-state index is 12.2. The van der Waals surface area contributed by atoms with Crippen LogP contribution < -0.4 is 10.1 Å². The van der Waals surface area contributed by atoms with E-state index in [4.69, 9.17) is 16.3 Å². The van der Waals surface area contributed by atoms with E-state index in [-0.39, 0.29) is 5.91 Å². The van der Waals surface area contributed by atoms with E-state index in [2.05, 4.69) is 10.3 Å². The molecule has 0 fully saturated rings. The average molecular weight is 361 g/mol. The van der Waals surface area contributed by atoms with Crippen molar-refractivity contribution >= 4 is 39.1 Å². The number of amides is 1. The number of fused-ring (bicyclic) bond motifs is 1. The number of nitrogens with one attached hydrogen (secondary N) is 1. The largest absolute Gasteiger partial charge is 0.481 e. The number of benzene rings is 2. The standard InChI is InChI=1S/C18H17ClN2O2S/c1-11-9-13(19)7-8-15(11)23-12(2)18(22)20-10-17-21-14-5-3-4-6-16(14)24-17/h3-9,12H,10H2,1-2H3,(H,20,22). The molecule has 0 spiro atoms. The lowest BCUT2D eigenvalue weighted by atomic mass is 10.2. The molecule has 1 atom stereocenters. The van der Waals surface area contributed by atoms with Crippen LogP contribution in [0, 0.1) is 6.92 Å². The minimum Gasteiger partial charge on any atom is -0.481 e. The van der Waals surface area contributed by atoms with Crippen LogP contribution in [0.25, 0.3) is 10.2 Å². The quantitative estimate of drug-likeness (QED) is 0.736. The highest BCUT2D eigenvalue weighted by atomic mass is 35.5. The van der Waals surface area contributed by atoms with Crippen LogP contribution in [0.5, 0.6) is 5.75 Å². The van der Waals surface area contributed by atoms with Crippen molar-refractivity contribution in [2.24, 2.45) is 0 Å². The molecule has 3 rings (SSSR count). The average Bonchev–Trinajstić information content (AvgIpc) is 2.98. The number of aryl methyl sites for hydroxylation is 1. The van der Waals surface area contributed by atoms with E-state index in [0.717, 1.165) is 20.8 Å². The van der Waals surface area contributed by atoms with Crippen molar-refractivity contribution in [1.29, 1.82) is 0 Å². The van der Waals surface area contributed by atoms with Gasteiger partial charge in [0.2, 0.25) is 0 Å². The van der Waals surface area contributed by atoms with Crippen LogP contribution in [0.15, 0.2) is 42.5 Å². The minimum atomic E-state index is -0.598. The van der Waals surface area contributed by atoms with Crippen LogP contribution in [0.2, 0.25) is 5.02 Å². The van der Waals surface area contributed by atoms with Gasteiger partial charge in [0.05, 0.1) is 16.8 Å². The van der Waals surface area contributed by atoms with Gasteiger partial charge < -0.3 is 10.1 Å². The van der Waals surface area contributed by atoms with Crippen molar-refractivity contribution < 1.29 is 9.53 Å². The van der Waals surface area contributed by atoms with Crippen molar-refractivity contribution in [3.8, 4) is 5.75 Å². The fourth-order valence-electron chi connectivity index (χ4n) is 2.29. The lowest BCUT2D eigenvalue weighted by Crippen LogP contribution is -2.36. The fraction of sp³-hybridized carbons (Fsp3) is 0.222. The molecule has 0 saturated heterocycles. The molecule has 1 heterocycles. The van der Waals surface area contributed by atoms with E-state index in [1.807, 2.05) is 37.3 Å². The summed E-state index contributed by atoms with van der Waals surface area (Å²) >= 11 is 7.50. The third-order valence-corrected chi connectivity index (χ3v) is 4.83. The Hall–Kier alpha value is -2.11. The van der Waals surface area contributed by atoms with Crippen molar-refractivity contribution in [1.82, 2.24) is 10.3 Å². The van der Waals surface area contributed by atoms with E-state index < -0.39 is 6.10 Å². The zero-order valence-electron chi connectivity index (χ0n) is 13.4. The van der Waals surface area contributed by atoms with Crippen molar-refractivity contribution in [2.75, 3.05) is 0 Å². The summed E-state index contributed by atoms with van der Waals surface area (Å²) in [6.07, 6.45) is -0.598. The second kappa shape index (κ2) is 7.20. The predicted molar refractivity (Wildman–Crippen MR) is 97.7 cm³/mol. The number of carbonyl (C=O) groups excluding carboxylic acids is 1. The molecule has 2 aromatic carbocycles. The van der Waals surface area contributed by atoms with Gasteiger partial charge in [0.25, 0.3) is 5.91 Å². The van der Waals surface area contributed by atoms with E-state index in [1.54, 1.807) is 30.4 Å². The highest BCUT2D eigenvalue weighted by Crippen LogP contribution is 2.23. The van der Waals surface area contributed by atoms with Gasteiger partial charge in [-0.1, -0.05) is 23.7 Å². The molecule has 1 N–H and O–H groups in total. The van der Waals surface area contributed by atoms with E-state index in [1.165, 1.54) is 0 Å². The lowest BCUT2D eigenvalue weighted by molar-refractivity contribution is -0.127. The maximum Gasteiger partial charge on any atom is 0.261 e. The number of rotatable bonds is 5. The summed E-state index contributed by atoms with van der Waals surface area (Å²) in [5.41, 5.74) is 1.85. The summed E-state index contributed by atoms with van der Waals surface area (Å²) < 4.78 is 6.84. The van der Waals surface area contributed by atoms with Crippen molar-refractivity contribution in [3.63, 3.8) is 0 Å². The molecule has 0 radical (unpaired) electrons. The summed E-state index contributed by atoms with van der Waals surface area (Å²) in [6.45, 7) is 4.01. The Kier molecular flexibility index (Phi) is 5.02. The topological polar surface area (TPSA) is 51.2 Å². The molecule has 0 bridgehead atoms. The molecule has 0 saturated carbocycles. The van der Waals surface area contributed by atoms with E-state index >= 15 is 0 Å². The molecule has 4 nitrogen and oxygen atoms in total. The van der Waals surface area contributed by atoms with E-state index in [0.29, 0.717) is 17.3 Å². The molecule has 0 aliphatic rings. The first-order chi connectivity index (χ1) is 11.5. The van der Waals surface area contributed by atoms with Crippen molar-refractivity contribution in [2.45, 2.75) is 26.5 Å². The van der Waals surface area contributed by atoms with Gasteiger partial charge in [-0.15, -0.1) is 11.3 Å². The van der Waals surface area contributed by atoms with Gasteiger partial charge in [-0.2, -0.15) is 0 Å². The van der Waals surface area contributed by atoms with Crippen LogP contribution in [0.1, 0.15) is 17.5 Å². The van der Waals surface area contributed by atoms with Gasteiger partial charge in [-0.25, -0.2) is 4.98 Å². The number of hydrogen-bond donors (Lipinski definition) is 1. The number of aromatic nitrogens is 1. The number of thiazole rings is 1. The van der Waals surface area contributed by atoms with E-state index in [9.17, 15) is 4.79 Å². The van der Waals surface area contributed by atoms with Gasteiger partial charge in [-0.3, -0.25) is 4.79 Å². The number of para-hydroxylation sites is 1. The summed E-state index contributed by atoms with van der Waals surface area (Å²) in [6, 6.07) is 13.2. The first kappa shape index (κ1) is 16.7. The third kappa shape index (κ3) is 3.86. The van der Waals surface area contributed by atoms with Crippen LogP contribution >= 0.6 is 22.9 Å². The molecule has 1 amide bonds. The Morgan fingerprint density at radius 3 is 2.88 bits per heavy atom. The highest BCUT2D eigenvalue weighted by molar-refractivity contribution is 7.18. The molecule has 6 heteroatoms. The predicted octanol–water partition coefficient (Wildman–Crippen LogP) is 4.34. The fourth-order valence-corrected chi connectivity index (χ4v) is 3.42. The molecule has 24 heavy (non-hydrogen) atoms. The Morgan fingerprint density at radius 2 is 2.12 bits per heavy atom. The minimum absolute atomic E-state index is 0.177. The molecule has 1 unspecified atom stereocenters. The second-order valence-corrected chi connectivity index (χ2v) is 7.01. The van der Waals surface area contributed by atoms with Gasteiger partial charge in [-0.05, 0) is 49.7 Å². The normalized spacial score (nSPS) is 12.1. The maximum absolute atomic E-state index is 12.2. The molecule has 0 aliphatic carbocycles. The number of nitrogens with zero attached hydrogens (tertiary/aromatic N) is 1. The molecular weight excluding hydrogens is 344 g/mol. The van der Waals surface area contributed by atoms with Crippen LogP contribution in [-0.4, -0.2) is 17.0 Å². The van der Waals surface area contributed by atoms with Gasteiger partial charge in [0.1, 0.15) is 10.8 Å². The zero-order valence-corrected chi connectivity index (χ0v) is 14.9. The van der Waals surface area contributed by atoms with Gasteiger partial charge >= 0.3 is 0 Å². The van der Waals surface area contributed by atoms with Crippen LogP contribution in [-0.2, 0) is 11.3 Å². The Morgan fingerprint density at radius 1 is 1.33 bits per heavy atom. The number of carbonyl (C=O) groups is 1. The third-order valence-electron chi connectivity index (χ3n) is 3.56. The lowest BCUT2D eigenvalue weighted by Gasteiger charge is -2.16. The molecule has 124 valence electrons. The second-order valence-electron chi connectivity index (χ2n) is 5.46. The SMILES string of the molecule is Cc1cc(Cl)ccc1OC(C)C(=O)NCc1nc2ccccc2s1. The summed E-state index contributed by atoms with van der Waals surface area (Å²) in [5, 5.41) is 4.39. The molecule has 3 aromatic rings. The number of halogens is 1. The first-order valence-electron chi connectivity index (χ1n) is 7.58. The van der Waals surface area contributed by atoms with Gasteiger partial charge in [0.15, 0.2) is 6.10 Å². The number of hydrogen-bond acceptors (Lipinski definition) is 4. The van der Waals surface area contributed by atoms with Crippen LogP contribution in [0.3, 0.4) is 0 Å². The molecular formula is C18H17ClN2O2S. The Labute approximate surface area is 149 Å². The molecule has 1 aromatic heterocycles.